The average Bonchev–Trinajstić information content (AvgIpc) is 2.73. The SMILES string of the molecule is Cn1ncnc1CC(N)c1ccc(Br)cc1C(F)(F)F. The first-order chi connectivity index (χ1) is 9.29. The molecule has 1 atom stereocenters. The molecule has 2 N–H and O–H groups in total. The molecule has 2 aromatic rings. The molecule has 0 aliphatic carbocycles. The van der Waals surface area contributed by atoms with Crippen molar-refractivity contribution in [1.82, 2.24) is 14.8 Å². The number of halogens is 4. The number of alkyl halides is 3. The van der Waals surface area contributed by atoms with Gasteiger partial charge < -0.3 is 5.73 Å². The van der Waals surface area contributed by atoms with E-state index in [0.29, 0.717) is 10.3 Å². The average molecular weight is 349 g/mol. The van der Waals surface area contributed by atoms with E-state index in [1.54, 1.807) is 13.1 Å². The number of nitrogens with two attached hydrogens (primary N) is 1. The molecule has 0 radical (unpaired) electrons. The molecule has 1 heterocycles. The molecular weight excluding hydrogens is 337 g/mol. The zero-order chi connectivity index (χ0) is 14.9. The van der Waals surface area contributed by atoms with Gasteiger partial charge in [-0.1, -0.05) is 22.0 Å². The molecule has 0 aliphatic rings. The summed E-state index contributed by atoms with van der Waals surface area (Å²) in [6.45, 7) is 0. The van der Waals surface area contributed by atoms with E-state index in [9.17, 15) is 13.2 Å². The Labute approximate surface area is 121 Å². The highest BCUT2D eigenvalue weighted by Crippen LogP contribution is 2.36. The standard InChI is InChI=1S/C12H12BrF3N4/c1-20-11(18-6-19-20)5-10(17)8-3-2-7(13)4-9(8)12(14,15)16/h2-4,6,10H,5,17H2,1H3. The van der Waals surface area contributed by atoms with E-state index in [1.165, 1.54) is 17.1 Å². The number of benzene rings is 1. The fourth-order valence-corrected chi connectivity index (χ4v) is 2.27. The van der Waals surface area contributed by atoms with E-state index in [1.807, 2.05) is 0 Å². The fraction of sp³-hybridized carbons (Fsp3) is 0.333. The zero-order valence-corrected chi connectivity index (χ0v) is 12.1. The Balaban J connectivity index is 2.35. The lowest BCUT2D eigenvalue weighted by Crippen LogP contribution is -2.20. The Hall–Kier alpha value is -1.41. The van der Waals surface area contributed by atoms with Crippen molar-refractivity contribution in [2.45, 2.75) is 18.6 Å². The molecular formula is C12H12BrF3N4. The second-order valence-corrected chi connectivity index (χ2v) is 5.26. The van der Waals surface area contributed by atoms with Crippen molar-refractivity contribution in [1.29, 1.82) is 0 Å². The maximum absolute atomic E-state index is 13.0. The first kappa shape index (κ1) is 15.0. The highest BCUT2D eigenvalue weighted by molar-refractivity contribution is 9.10. The monoisotopic (exact) mass is 348 g/mol. The van der Waals surface area contributed by atoms with Gasteiger partial charge in [-0.15, -0.1) is 0 Å². The summed E-state index contributed by atoms with van der Waals surface area (Å²) in [7, 11) is 1.67. The van der Waals surface area contributed by atoms with E-state index >= 15 is 0 Å². The zero-order valence-electron chi connectivity index (χ0n) is 10.5. The van der Waals surface area contributed by atoms with Crippen LogP contribution in [-0.2, 0) is 19.6 Å². The molecule has 0 spiro atoms. The summed E-state index contributed by atoms with van der Waals surface area (Å²) in [5, 5.41) is 3.87. The first-order valence-electron chi connectivity index (χ1n) is 5.74. The second kappa shape index (κ2) is 5.53. The Kier molecular flexibility index (Phi) is 4.14. The summed E-state index contributed by atoms with van der Waals surface area (Å²) >= 11 is 3.04. The third kappa shape index (κ3) is 3.18. The molecule has 0 aliphatic heterocycles. The van der Waals surface area contributed by atoms with Crippen LogP contribution in [-0.4, -0.2) is 14.8 Å². The van der Waals surface area contributed by atoms with Gasteiger partial charge in [0.25, 0.3) is 0 Å². The summed E-state index contributed by atoms with van der Waals surface area (Å²) in [6.07, 6.45) is -2.92. The van der Waals surface area contributed by atoms with Crippen molar-refractivity contribution in [3.63, 3.8) is 0 Å². The minimum Gasteiger partial charge on any atom is -0.324 e. The predicted octanol–water partition coefficient (Wildman–Crippen LogP) is 2.84. The minimum atomic E-state index is -4.45. The van der Waals surface area contributed by atoms with Crippen molar-refractivity contribution in [3.8, 4) is 0 Å². The number of aryl methyl sites for hydroxylation is 1. The lowest BCUT2D eigenvalue weighted by atomic mass is 9.98. The molecule has 8 heteroatoms. The van der Waals surface area contributed by atoms with Crippen LogP contribution in [0.1, 0.15) is 23.0 Å². The van der Waals surface area contributed by atoms with E-state index in [2.05, 4.69) is 26.0 Å². The van der Waals surface area contributed by atoms with Crippen LogP contribution in [0.2, 0.25) is 0 Å². The van der Waals surface area contributed by atoms with Crippen molar-refractivity contribution < 1.29 is 13.2 Å². The van der Waals surface area contributed by atoms with E-state index in [0.717, 1.165) is 6.07 Å². The van der Waals surface area contributed by atoms with Gasteiger partial charge in [0.2, 0.25) is 0 Å². The van der Waals surface area contributed by atoms with Gasteiger partial charge in [-0.25, -0.2) is 4.98 Å². The van der Waals surface area contributed by atoms with Crippen LogP contribution in [0.25, 0.3) is 0 Å². The Morgan fingerprint density at radius 1 is 1.40 bits per heavy atom. The normalized spacial score (nSPS) is 13.5. The van der Waals surface area contributed by atoms with E-state index in [-0.39, 0.29) is 12.0 Å². The van der Waals surface area contributed by atoms with E-state index in [4.69, 9.17) is 5.73 Å². The van der Waals surface area contributed by atoms with Crippen molar-refractivity contribution in [2.24, 2.45) is 12.8 Å². The van der Waals surface area contributed by atoms with Crippen LogP contribution < -0.4 is 5.73 Å². The van der Waals surface area contributed by atoms with Crippen LogP contribution in [0.15, 0.2) is 29.0 Å². The van der Waals surface area contributed by atoms with Gasteiger partial charge in [-0.05, 0) is 17.7 Å². The van der Waals surface area contributed by atoms with Crippen molar-refractivity contribution in [2.75, 3.05) is 0 Å². The predicted molar refractivity (Wildman–Crippen MR) is 70.8 cm³/mol. The molecule has 1 aromatic heterocycles. The van der Waals surface area contributed by atoms with Crippen LogP contribution in [0.5, 0.6) is 0 Å². The topological polar surface area (TPSA) is 56.7 Å². The fourth-order valence-electron chi connectivity index (χ4n) is 1.91. The molecule has 0 fully saturated rings. The molecule has 0 amide bonds. The summed E-state index contributed by atoms with van der Waals surface area (Å²) in [5.41, 5.74) is 5.22. The van der Waals surface area contributed by atoms with Crippen molar-refractivity contribution >= 4 is 15.9 Å². The number of hydrogen-bond donors (Lipinski definition) is 1. The molecule has 2 rings (SSSR count). The van der Waals surface area contributed by atoms with Crippen LogP contribution >= 0.6 is 15.9 Å². The molecule has 4 nitrogen and oxygen atoms in total. The maximum Gasteiger partial charge on any atom is 0.416 e. The quantitative estimate of drug-likeness (QED) is 0.927. The van der Waals surface area contributed by atoms with Crippen LogP contribution in [0, 0.1) is 0 Å². The highest BCUT2D eigenvalue weighted by atomic mass is 79.9. The number of rotatable bonds is 3. The van der Waals surface area contributed by atoms with Gasteiger partial charge in [-0.3, -0.25) is 4.68 Å². The maximum atomic E-state index is 13.0. The lowest BCUT2D eigenvalue weighted by Gasteiger charge is -2.18. The molecule has 0 saturated heterocycles. The molecule has 1 unspecified atom stereocenters. The second-order valence-electron chi connectivity index (χ2n) is 4.34. The molecule has 1 aromatic carbocycles. The van der Waals surface area contributed by atoms with Crippen LogP contribution in [0.4, 0.5) is 13.2 Å². The first-order valence-corrected chi connectivity index (χ1v) is 6.53. The molecule has 0 bridgehead atoms. The molecule has 0 saturated carbocycles. The highest BCUT2D eigenvalue weighted by Gasteiger charge is 2.35. The van der Waals surface area contributed by atoms with Gasteiger partial charge in [0.1, 0.15) is 12.2 Å². The summed E-state index contributed by atoms with van der Waals surface area (Å²) in [5.74, 6) is 0.536. The molecule has 20 heavy (non-hydrogen) atoms. The third-order valence-electron chi connectivity index (χ3n) is 2.93. The minimum absolute atomic E-state index is 0.0451. The third-order valence-corrected chi connectivity index (χ3v) is 3.42. The lowest BCUT2D eigenvalue weighted by molar-refractivity contribution is -0.138. The summed E-state index contributed by atoms with van der Waals surface area (Å²) in [6, 6.07) is 3.16. The van der Waals surface area contributed by atoms with Crippen molar-refractivity contribution in [3.05, 3.63) is 46.0 Å². The number of nitrogens with zero attached hydrogens (tertiary/aromatic N) is 3. The van der Waals surface area contributed by atoms with Gasteiger partial charge in [0.05, 0.1) is 5.56 Å². The van der Waals surface area contributed by atoms with Gasteiger partial charge in [0, 0.05) is 24.0 Å². The number of aromatic nitrogens is 3. The number of hydrogen-bond acceptors (Lipinski definition) is 3. The van der Waals surface area contributed by atoms with E-state index < -0.39 is 17.8 Å². The van der Waals surface area contributed by atoms with Gasteiger partial charge >= 0.3 is 6.18 Å². The smallest absolute Gasteiger partial charge is 0.324 e. The Bertz CT molecular complexity index is 609. The van der Waals surface area contributed by atoms with Gasteiger partial charge in [-0.2, -0.15) is 18.3 Å². The molecule has 108 valence electrons. The summed E-state index contributed by atoms with van der Waals surface area (Å²) < 4.78 is 41.0. The summed E-state index contributed by atoms with van der Waals surface area (Å²) in [4.78, 5) is 3.97. The Morgan fingerprint density at radius 2 is 2.10 bits per heavy atom. The Morgan fingerprint density at radius 3 is 2.65 bits per heavy atom. The largest absolute Gasteiger partial charge is 0.416 e. The van der Waals surface area contributed by atoms with Crippen LogP contribution in [0.3, 0.4) is 0 Å². The van der Waals surface area contributed by atoms with Gasteiger partial charge in [0.15, 0.2) is 0 Å².